The molecule has 1 aliphatic rings. The number of hydrogen-bond acceptors (Lipinski definition) is 3. The molecule has 1 fully saturated rings. The van der Waals surface area contributed by atoms with Crippen LogP contribution in [0.15, 0.2) is 12.1 Å². The zero-order chi connectivity index (χ0) is 15.4. The molecule has 2 N–H and O–H groups in total. The van der Waals surface area contributed by atoms with Gasteiger partial charge in [0.05, 0.1) is 0 Å². The van der Waals surface area contributed by atoms with Crippen molar-refractivity contribution in [3.63, 3.8) is 0 Å². The Kier molecular flexibility index (Phi) is 5.21. The van der Waals surface area contributed by atoms with Gasteiger partial charge in [0.2, 0.25) is 0 Å². The fourth-order valence-corrected chi connectivity index (χ4v) is 2.96. The van der Waals surface area contributed by atoms with Crippen molar-refractivity contribution >= 4 is 11.7 Å². The van der Waals surface area contributed by atoms with Crippen LogP contribution in [0.1, 0.15) is 62.0 Å². The molecule has 1 heterocycles. The van der Waals surface area contributed by atoms with Crippen molar-refractivity contribution in [1.82, 2.24) is 10.3 Å². The van der Waals surface area contributed by atoms with Gasteiger partial charge in [0.25, 0.3) is 5.91 Å². The van der Waals surface area contributed by atoms with Gasteiger partial charge in [0.15, 0.2) is 0 Å². The predicted molar refractivity (Wildman–Crippen MR) is 86.7 cm³/mol. The van der Waals surface area contributed by atoms with Crippen molar-refractivity contribution in [2.24, 2.45) is 11.8 Å². The molecular formula is C17H27N3O. The van der Waals surface area contributed by atoms with Crippen LogP contribution in [-0.2, 0) is 0 Å². The molecule has 2 unspecified atom stereocenters. The van der Waals surface area contributed by atoms with Crippen LogP contribution >= 0.6 is 0 Å². The number of amides is 1. The summed E-state index contributed by atoms with van der Waals surface area (Å²) in [5.41, 5.74) is 1.64. The van der Waals surface area contributed by atoms with E-state index in [1.807, 2.05) is 19.2 Å². The van der Waals surface area contributed by atoms with Gasteiger partial charge in [-0.05, 0) is 42.7 Å². The molecule has 0 aromatic carbocycles. The molecule has 2 rings (SSSR count). The van der Waals surface area contributed by atoms with Gasteiger partial charge in [-0.2, -0.15) is 0 Å². The summed E-state index contributed by atoms with van der Waals surface area (Å²) >= 11 is 0. The first-order valence-electron chi connectivity index (χ1n) is 7.97. The quantitative estimate of drug-likeness (QED) is 0.873. The Morgan fingerprint density at radius 1 is 1.38 bits per heavy atom. The number of rotatable bonds is 5. The normalized spacial score (nSPS) is 21.6. The number of pyridine rings is 1. The van der Waals surface area contributed by atoms with Crippen LogP contribution in [0.2, 0.25) is 0 Å². The Balaban J connectivity index is 2.02. The van der Waals surface area contributed by atoms with E-state index in [0.717, 1.165) is 24.0 Å². The Morgan fingerprint density at radius 3 is 2.71 bits per heavy atom. The maximum absolute atomic E-state index is 12.4. The molecule has 2 atom stereocenters. The van der Waals surface area contributed by atoms with Gasteiger partial charge >= 0.3 is 0 Å². The van der Waals surface area contributed by atoms with Crippen molar-refractivity contribution in [3.05, 3.63) is 23.4 Å². The van der Waals surface area contributed by atoms with E-state index in [2.05, 4.69) is 36.4 Å². The van der Waals surface area contributed by atoms with E-state index in [-0.39, 0.29) is 5.91 Å². The molecule has 0 aliphatic heterocycles. The number of carbonyl (C=O) groups excluding carboxylic acids is 1. The van der Waals surface area contributed by atoms with E-state index >= 15 is 0 Å². The topological polar surface area (TPSA) is 54.0 Å². The van der Waals surface area contributed by atoms with Crippen LogP contribution in [-0.4, -0.2) is 24.5 Å². The Morgan fingerprint density at radius 2 is 2.14 bits per heavy atom. The molecule has 1 aliphatic carbocycles. The van der Waals surface area contributed by atoms with E-state index in [4.69, 9.17) is 0 Å². The molecule has 1 aromatic heterocycles. The van der Waals surface area contributed by atoms with E-state index < -0.39 is 0 Å². The second kappa shape index (κ2) is 6.92. The first-order chi connectivity index (χ1) is 9.99. The minimum Gasteiger partial charge on any atom is -0.373 e. The third kappa shape index (κ3) is 4.19. The smallest absolute Gasteiger partial charge is 0.251 e. The summed E-state index contributed by atoms with van der Waals surface area (Å²) in [5, 5.41) is 6.11. The zero-order valence-electron chi connectivity index (χ0n) is 13.6. The highest BCUT2D eigenvalue weighted by molar-refractivity contribution is 5.95. The van der Waals surface area contributed by atoms with Crippen molar-refractivity contribution in [2.45, 2.75) is 46.0 Å². The minimum atomic E-state index is 0.00959. The molecule has 1 aromatic rings. The molecule has 116 valence electrons. The maximum atomic E-state index is 12.4. The molecule has 0 spiro atoms. The highest BCUT2D eigenvalue weighted by Gasteiger charge is 2.22. The molecule has 4 heteroatoms. The second-order valence-electron chi connectivity index (χ2n) is 6.56. The van der Waals surface area contributed by atoms with Gasteiger partial charge in [-0.3, -0.25) is 4.79 Å². The number of nitrogens with zero attached hydrogens (tertiary/aromatic N) is 1. The minimum absolute atomic E-state index is 0.00959. The summed E-state index contributed by atoms with van der Waals surface area (Å²) in [6.45, 7) is 7.25. The molecule has 1 saturated carbocycles. The lowest BCUT2D eigenvalue weighted by atomic mass is 10.1. The Bertz CT molecular complexity index is 499. The molecule has 0 radical (unpaired) electrons. The first kappa shape index (κ1) is 15.8. The number of aromatic nitrogens is 1. The third-order valence-corrected chi connectivity index (χ3v) is 4.31. The number of carbonyl (C=O) groups is 1. The number of hydrogen-bond donors (Lipinski definition) is 2. The highest BCUT2D eigenvalue weighted by Crippen LogP contribution is 2.29. The summed E-state index contributed by atoms with van der Waals surface area (Å²) in [4.78, 5) is 16.8. The van der Waals surface area contributed by atoms with Crippen molar-refractivity contribution < 1.29 is 4.79 Å². The second-order valence-corrected chi connectivity index (χ2v) is 6.56. The molecule has 0 bridgehead atoms. The fraction of sp³-hybridized carbons (Fsp3) is 0.647. The van der Waals surface area contributed by atoms with Gasteiger partial charge < -0.3 is 10.6 Å². The summed E-state index contributed by atoms with van der Waals surface area (Å²) in [6.07, 6.45) is 3.75. The van der Waals surface area contributed by atoms with Crippen LogP contribution in [0.25, 0.3) is 0 Å². The van der Waals surface area contributed by atoms with Crippen LogP contribution in [0.4, 0.5) is 5.82 Å². The summed E-state index contributed by atoms with van der Waals surface area (Å²) in [5.74, 6) is 2.51. The molecule has 4 nitrogen and oxygen atoms in total. The van der Waals surface area contributed by atoms with Crippen LogP contribution in [0.3, 0.4) is 0 Å². The lowest BCUT2D eigenvalue weighted by Gasteiger charge is -2.13. The standard InChI is InChI=1S/C17H27N3O/c1-11(2)15-8-14(9-16(18-4)20-15)17(21)19-10-13-6-5-12(3)7-13/h8-9,11-13H,5-7,10H2,1-4H3,(H,18,20)(H,19,21). The van der Waals surface area contributed by atoms with Gasteiger partial charge in [-0.15, -0.1) is 0 Å². The summed E-state index contributed by atoms with van der Waals surface area (Å²) < 4.78 is 0. The zero-order valence-corrected chi connectivity index (χ0v) is 13.6. The number of nitrogens with one attached hydrogen (secondary N) is 2. The molecular weight excluding hydrogens is 262 g/mol. The third-order valence-electron chi connectivity index (χ3n) is 4.31. The van der Waals surface area contributed by atoms with Gasteiger partial charge in [0.1, 0.15) is 5.82 Å². The summed E-state index contributed by atoms with van der Waals surface area (Å²) in [6, 6.07) is 3.72. The Hall–Kier alpha value is -1.58. The van der Waals surface area contributed by atoms with E-state index in [1.54, 1.807) is 0 Å². The van der Waals surface area contributed by atoms with Gasteiger partial charge in [-0.25, -0.2) is 4.98 Å². The monoisotopic (exact) mass is 289 g/mol. The first-order valence-corrected chi connectivity index (χ1v) is 7.97. The highest BCUT2D eigenvalue weighted by atomic mass is 16.1. The van der Waals surface area contributed by atoms with E-state index in [0.29, 0.717) is 17.4 Å². The fourth-order valence-electron chi connectivity index (χ4n) is 2.96. The molecule has 1 amide bonds. The molecule has 0 saturated heterocycles. The predicted octanol–water partition coefficient (Wildman–Crippen LogP) is 3.41. The Labute approximate surface area is 127 Å². The molecule has 21 heavy (non-hydrogen) atoms. The number of anilines is 1. The largest absolute Gasteiger partial charge is 0.373 e. The lowest BCUT2D eigenvalue weighted by Crippen LogP contribution is -2.28. The van der Waals surface area contributed by atoms with Crippen LogP contribution in [0, 0.1) is 11.8 Å². The SMILES string of the molecule is CNc1cc(C(=O)NCC2CCC(C)C2)cc(C(C)C)n1. The summed E-state index contributed by atoms with van der Waals surface area (Å²) in [7, 11) is 1.83. The average Bonchev–Trinajstić information content (AvgIpc) is 2.89. The van der Waals surface area contributed by atoms with Crippen molar-refractivity contribution in [2.75, 3.05) is 18.9 Å². The van der Waals surface area contributed by atoms with E-state index in [1.165, 1.54) is 19.3 Å². The maximum Gasteiger partial charge on any atom is 0.251 e. The van der Waals surface area contributed by atoms with Crippen LogP contribution < -0.4 is 10.6 Å². The van der Waals surface area contributed by atoms with Crippen LogP contribution in [0.5, 0.6) is 0 Å². The average molecular weight is 289 g/mol. The van der Waals surface area contributed by atoms with Gasteiger partial charge in [-0.1, -0.05) is 27.2 Å². The lowest BCUT2D eigenvalue weighted by molar-refractivity contribution is 0.0947. The van der Waals surface area contributed by atoms with Crippen molar-refractivity contribution in [3.8, 4) is 0 Å². The van der Waals surface area contributed by atoms with Gasteiger partial charge in [0, 0.05) is 24.8 Å². The van der Waals surface area contributed by atoms with E-state index in [9.17, 15) is 4.79 Å². The van der Waals surface area contributed by atoms with Crippen molar-refractivity contribution in [1.29, 1.82) is 0 Å².